The third-order valence-electron chi connectivity index (χ3n) is 5.64. The lowest BCUT2D eigenvalue weighted by Crippen LogP contribution is -2.37. The number of aliphatic hydroxyl groups is 1. The molecule has 2 aromatic rings. The van der Waals surface area contributed by atoms with Crippen LogP contribution in [-0.4, -0.2) is 34.3 Å². The standard InChI is InChI=1S/C19H27N3O3/c1-4-19(5-2,8-9-23)11-20-17(24)14-10-15(13-6-7-13)21-18-16(14)12(3)22-25-18/h10,13,23H,4-9,11H2,1-3H3,(H,20,24). The summed E-state index contributed by atoms with van der Waals surface area (Å²) < 4.78 is 5.31. The molecule has 25 heavy (non-hydrogen) atoms. The largest absolute Gasteiger partial charge is 0.396 e. The SMILES string of the molecule is CCC(CC)(CCO)CNC(=O)c1cc(C2CC2)nc2onc(C)c12. The highest BCUT2D eigenvalue weighted by Gasteiger charge is 2.30. The molecule has 0 bridgehead atoms. The van der Waals surface area contributed by atoms with Gasteiger partial charge in [0.15, 0.2) is 0 Å². The summed E-state index contributed by atoms with van der Waals surface area (Å²) in [6.07, 6.45) is 4.73. The molecule has 1 fully saturated rings. The number of hydrogen-bond acceptors (Lipinski definition) is 5. The Balaban J connectivity index is 1.87. The quantitative estimate of drug-likeness (QED) is 0.766. The Bertz CT molecular complexity index is 761. The monoisotopic (exact) mass is 345 g/mol. The van der Waals surface area contributed by atoms with Crippen LogP contribution < -0.4 is 5.32 Å². The first kappa shape index (κ1) is 17.9. The van der Waals surface area contributed by atoms with Crippen LogP contribution in [0.1, 0.15) is 73.6 Å². The van der Waals surface area contributed by atoms with Crippen molar-refractivity contribution in [3.05, 3.63) is 23.0 Å². The van der Waals surface area contributed by atoms with Crippen molar-refractivity contribution in [2.45, 2.75) is 58.8 Å². The van der Waals surface area contributed by atoms with Crippen molar-refractivity contribution in [3.8, 4) is 0 Å². The van der Waals surface area contributed by atoms with E-state index in [4.69, 9.17) is 4.52 Å². The lowest BCUT2D eigenvalue weighted by molar-refractivity contribution is 0.0908. The van der Waals surface area contributed by atoms with E-state index in [2.05, 4.69) is 29.3 Å². The average molecular weight is 345 g/mol. The van der Waals surface area contributed by atoms with Gasteiger partial charge in [-0.25, -0.2) is 4.98 Å². The van der Waals surface area contributed by atoms with Crippen LogP contribution in [0.5, 0.6) is 0 Å². The first-order chi connectivity index (χ1) is 12.0. The first-order valence-electron chi connectivity index (χ1n) is 9.19. The van der Waals surface area contributed by atoms with E-state index in [-0.39, 0.29) is 17.9 Å². The molecule has 3 rings (SSSR count). The van der Waals surface area contributed by atoms with Crippen LogP contribution in [0.25, 0.3) is 11.1 Å². The fraction of sp³-hybridized carbons (Fsp3) is 0.632. The van der Waals surface area contributed by atoms with Crippen molar-refractivity contribution in [3.63, 3.8) is 0 Å². The number of aromatic nitrogens is 2. The zero-order chi connectivity index (χ0) is 18.0. The molecule has 1 aliphatic rings. The van der Waals surface area contributed by atoms with Crippen molar-refractivity contribution >= 4 is 17.0 Å². The van der Waals surface area contributed by atoms with Gasteiger partial charge in [0.2, 0.25) is 0 Å². The summed E-state index contributed by atoms with van der Waals surface area (Å²) in [6.45, 7) is 6.71. The Morgan fingerprint density at radius 3 is 2.72 bits per heavy atom. The van der Waals surface area contributed by atoms with Gasteiger partial charge in [0.25, 0.3) is 11.6 Å². The maximum absolute atomic E-state index is 12.9. The fourth-order valence-corrected chi connectivity index (χ4v) is 3.42. The molecule has 0 aromatic carbocycles. The minimum atomic E-state index is -0.121. The molecule has 0 saturated heterocycles. The number of aryl methyl sites for hydroxylation is 1. The second kappa shape index (κ2) is 7.12. The molecule has 2 heterocycles. The van der Waals surface area contributed by atoms with Crippen LogP contribution >= 0.6 is 0 Å². The van der Waals surface area contributed by atoms with E-state index in [9.17, 15) is 9.90 Å². The molecule has 1 saturated carbocycles. The molecule has 6 nitrogen and oxygen atoms in total. The van der Waals surface area contributed by atoms with Crippen molar-refractivity contribution in [1.29, 1.82) is 0 Å². The molecular formula is C19H27N3O3. The third-order valence-corrected chi connectivity index (χ3v) is 5.64. The number of amides is 1. The van der Waals surface area contributed by atoms with Crippen LogP contribution in [0.3, 0.4) is 0 Å². The Morgan fingerprint density at radius 1 is 1.40 bits per heavy atom. The number of rotatable bonds is 8. The zero-order valence-corrected chi connectivity index (χ0v) is 15.3. The molecule has 0 aliphatic heterocycles. The highest BCUT2D eigenvalue weighted by molar-refractivity contribution is 6.06. The Labute approximate surface area is 148 Å². The van der Waals surface area contributed by atoms with E-state index >= 15 is 0 Å². The Kier molecular flexibility index (Phi) is 5.08. The fourth-order valence-electron chi connectivity index (χ4n) is 3.42. The van der Waals surface area contributed by atoms with Gasteiger partial charge in [-0.2, -0.15) is 0 Å². The van der Waals surface area contributed by atoms with Crippen LogP contribution in [-0.2, 0) is 0 Å². The molecule has 136 valence electrons. The lowest BCUT2D eigenvalue weighted by atomic mass is 9.79. The second-order valence-electron chi connectivity index (χ2n) is 7.18. The Hall–Kier alpha value is -1.95. The highest BCUT2D eigenvalue weighted by Crippen LogP contribution is 2.40. The van der Waals surface area contributed by atoms with Crippen molar-refractivity contribution in [1.82, 2.24) is 15.5 Å². The number of nitrogens with zero attached hydrogens (tertiary/aromatic N) is 2. The molecule has 1 aliphatic carbocycles. The summed E-state index contributed by atoms with van der Waals surface area (Å²) in [6, 6.07) is 1.89. The average Bonchev–Trinajstić information content (AvgIpc) is 3.41. The van der Waals surface area contributed by atoms with Gasteiger partial charge in [0.1, 0.15) is 0 Å². The van der Waals surface area contributed by atoms with E-state index in [0.717, 1.165) is 31.4 Å². The second-order valence-corrected chi connectivity index (χ2v) is 7.18. The van der Waals surface area contributed by atoms with Crippen molar-refractivity contribution in [2.24, 2.45) is 5.41 Å². The minimum absolute atomic E-state index is 0.0699. The molecule has 0 spiro atoms. The summed E-state index contributed by atoms with van der Waals surface area (Å²) >= 11 is 0. The maximum atomic E-state index is 12.9. The van der Waals surface area contributed by atoms with Crippen LogP contribution in [0.4, 0.5) is 0 Å². The molecule has 2 N–H and O–H groups in total. The number of carbonyl (C=O) groups excluding carboxylic acids is 1. The Morgan fingerprint density at radius 2 is 2.12 bits per heavy atom. The normalized spacial score (nSPS) is 14.9. The summed E-state index contributed by atoms with van der Waals surface area (Å²) in [7, 11) is 0. The third kappa shape index (κ3) is 3.54. The summed E-state index contributed by atoms with van der Waals surface area (Å²) in [5, 5.41) is 17.1. The molecule has 0 unspecified atom stereocenters. The summed E-state index contributed by atoms with van der Waals surface area (Å²) in [4.78, 5) is 17.4. The maximum Gasteiger partial charge on any atom is 0.259 e. The van der Waals surface area contributed by atoms with Gasteiger partial charge in [-0.1, -0.05) is 19.0 Å². The number of aliphatic hydroxyl groups excluding tert-OH is 1. The smallest absolute Gasteiger partial charge is 0.259 e. The van der Waals surface area contributed by atoms with Crippen LogP contribution in [0.15, 0.2) is 10.6 Å². The zero-order valence-electron chi connectivity index (χ0n) is 15.3. The number of fused-ring (bicyclic) bond motifs is 1. The van der Waals surface area contributed by atoms with Gasteiger partial charge < -0.3 is 14.9 Å². The number of pyridine rings is 1. The van der Waals surface area contributed by atoms with Gasteiger partial charge in [0.05, 0.1) is 16.6 Å². The van der Waals surface area contributed by atoms with Gasteiger partial charge in [-0.05, 0) is 50.5 Å². The predicted molar refractivity (Wildman–Crippen MR) is 95.6 cm³/mol. The lowest BCUT2D eigenvalue weighted by Gasteiger charge is -2.31. The van der Waals surface area contributed by atoms with Crippen LogP contribution in [0, 0.1) is 12.3 Å². The van der Waals surface area contributed by atoms with Crippen molar-refractivity contribution in [2.75, 3.05) is 13.2 Å². The van der Waals surface area contributed by atoms with Gasteiger partial charge in [-0.3, -0.25) is 4.79 Å². The number of nitrogens with one attached hydrogen (secondary N) is 1. The number of hydrogen-bond donors (Lipinski definition) is 2. The van der Waals surface area contributed by atoms with Gasteiger partial charge in [-0.15, -0.1) is 0 Å². The van der Waals surface area contributed by atoms with E-state index in [1.165, 1.54) is 0 Å². The molecule has 2 aromatic heterocycles. The highest BCUT2D eigenvalue weighted by atomic mass is 16.5. The molecule has 0 atom stereocenters. The van der Waals surface area contributed by atoms with Gasteiger partial charge >= 0.3 is 0 Å². The van der Waals surface area contributed by atoms with E-state index < -0.39 is 0 Å². The van der Waals surface area contributed by atoms with E-state index in [0.29, 0.717) is 41.2 Å². The minimum Gasteiger partial charge on any atom is -0.396 e. The number of carbonyl (C=O) groups is 1. The summed E-state index contributed by atoms with van der Waals surface area (Å²) in [5.74, 6) is 0.311. The van der Waals surface area contributed by atoms with E-state index in [1.807, 2.05) is 13.0 Å². The van der Waals surface area contributed by atoms with Gasteiger partial charge in [0, 0.05) is 24.8 Å². The molecule has 6 heteroatoms. The van der Waals surface area contributed by atoms with Crippen molar-refractivity contribution < 1.29 is 14.4 Å². The molecule has 1 amide bonds. The topological polar surface area (TPSA) is 88.2 Å². The predicted octanol–water partition coefficient (Wildman–Crippen LogP) is 3.33. The first-order valence-corrected chi connectivity index (χ1v) is 9.19. The van der Waals surface area contributed by atoms with Crippen LogP contribution in [0.2, 0.25) is 0 Å². The summed E-state index contributed by atoms with van der Waals surface area (Å²) in [5.41, 5.74) is 2.57. The molecular weight excluding hydrogens is 318 g/mol. The molecule has 0 radical (unpaired) electrons. The van der Waals surface area contributed by atoms with E-state index in [1.54, 1.807) is 0 Å².